The molecule has 0 spiro atoms. The second-order valence-electron chi connectivity index (χ2n) is 2.94. The zero-order valence-corrected chi connectivity index (χ0v) is 8.21. The van der Waals surface area contributed by atoms with E-state index in [0.29, 0.717) is 18.8 Å². The SMILES string of the molecule is CCOC(=O)C(C#N)=C1CCCCO1. The summed E-state index contributed by atoms with van der Waals surface area (Å²) >= 11 is 0. The Morgan fingerprint density at radius 3 is 2.93 bits per heavy atom. The number of ether oxygens (including phenoxy) is 2. The molecule has 1 aliphatic heterocycles. The Balaban J connectivity index is 2.77. The van der Waals surface area contributed by atoms with Gasteiger partial charge in [0.15, 0.2) is 5.57 Å². The topological polar surface area (TPSA) is 59.3 Å². The van der Waals surface area contributed by atoms with Gasteiger partial charge < -0.3 is 9.47 Å². The predicted molar refractivity (Wildman–Crippen MR) is 49.1 cm³/mol. The largest absolute Gasteiger partial charge is 0.496 e. The maximum Gasteiger partial charge on any atom is 0.352 e. The lowest BCUT2D eigenvalue weighted by atomic mass is 10.1. The third-order valence-electron chi connectivity index (χ3n) is 1.94. The Morgan fingerprint density at radius 1 is 1.64 bits per heavy atom. The first-order valence-corrected chi connectivity index (χ1v) is 4.72. The second kappa shape index (κ2) is 5.28. The van der Waals surface area contributed by atoms with Crippen LogP contribution in [0.5, 0.6) is 0 Å². The number of allylic oxidation sites excluding steroid dienone is 1. The molecule has 1 aliphatic rings. The highest BCUT2D eigenvalue weighted by Gasteiger charge is 2.19. The van der Waals surface area contributed by atoms with Crippen LogP contribution in [0, 0.1) is 11.3 Å². The van der Waals surface area contributed by atoms with Crippen molar-refractivity contribution < 1.29 is 14.3 Å². The molecule has 1 saturated heterocycles. The maximum absolute atomic E-state index is 11.3. The first-order chi connectivity index (χ1) is 6.79. The number of carbonyl (C=O) groups is 1. The van der Waals surface area contributed by atoms with Gasteiger partial charge in [-0.15, -0.1) is 0 Å². The van der Waals surface area contributed by atoms with Gasteiger partial charge in [-0.2, -0.15) is 5.26 Å². The minimum absolute atomic E-state index is 0.0200. The first kappa shape index (κ1) is 10.6. The number of hydrogen-bond acceptors (Lipinski definition) is 4. The fraction of sp³-hybridized carbons (Fsp3) is 0.600. The average Bonchev–Trinajstić information content (AvgIpc) is 2.21. The van der Waals surface area contributed by atoms with Crippen molar-refractivity contribution in [1.82, 2.24) is 0 Å². The van der Waals surface area contributed by atoms with E-state index in [2.05, 4.69) is 0 Å². The van der Waals surface area contributed by atoms with Crippen molar-refractivity contribution in [2.24, 2.45) is 0 Å². The smallest absolute Gasteiger partial charge is 0.352 e. The molecule has 1 fully saturated rings. The van der Waals surface area contributed by atoms with E-state index in [1.54, 1.807) is 6.92 Å². The second-order valence-corrected chi connectivity index (χ2v) is 2.94. The summed E-state index contributed by atoms with van der Waals surface area (Å²) in [5.74, 6) is -0.0934. The summed E-state index contributed by atoms with van der Waals surface area (Å²) in [6.45, 7) is 2.57. The van der Waals surface area contributed by atoms with Gasteiger partial charge in [-0.3, -0.25) is 0 Å². The van der Waals surface area contributed by atoms with Gasteiger partial charge in [-0.25, -0.2) is 4.79 Å². The van der Waals surface area contributed by atoms with Crippen LogP contribution >= 0.6 is 0 Å². The van der Waals surface area contributed by atoms with Gasteiger partial charge >= 0.3 is 5.97 Å². The van der Waals surface area contributed by atoms with Crippen LogP contribution < -0.4 is 0 Å². The highest BCUT2D eigenvalue weighted by atomic mass is 16.5. The van der Waals surface area contributed by atoms with Crippen molar-refractivity contribution in [3.63, 3.8) is 0 Å². The van der Waals surface area contributed by atoms with Crippen LogP contribution in [0.15, 0.2) is 11.3 Å². The molecular weight excluding hydrogens is 182 g/mol. The molecule has 4 nitrogen and oxygen atoms in total. The minimum atomic E-state index is -0.577. The van der Waals surface area contributed by atoms with Crippen LogP contribution in [-0.2, 0) is 14.3 Å². The third kappa shape index (κ3) is 2.49. The van der Waals surface area contributed by atoms with Crippen LogP contribution in [0.25, 0.3) is 0 Å². The molecule has 1 heterocycles. The first-order valence-electron chi connectivity index (χ1n) is 4.72. The lowest BCUT2D eigenvalue weighted by molar-refractivity contribution is -0.138. The molecule has 0 aromatic heterocycles. The van der Waals surface area contributed by atoms with Gasteiger partial charge in [-0.1, -0.05) is 0 Å². The number of esters is 1. The molecule has 0 atom stereocenters. The molecule has 0 saturated carbocycles. The van der Waals surface area contributed by atoms with Crippen molar-refractivity contribution in [1.29, 1.82) is 5.26 Å². The van der Waals surface area contributed by atoms with Crippen LogP contribution in [-0.4, -0.2) is 19.2 Å². The molecule has 1 rings (SSSR count). The van der Waals surface area contributed by atoms with E-state index in [4.69, 9.17) is 14.7 Å². The van der Waals surface area contributed by atoms with E-state index in [1.165, 1.54) is 0 Å². The molecule has 0 bridgehead atoms. The molecule has 0 N–H and O–H groups in total. The quantitative estimate of drug-likeness (QED) is 0.381. The van der Waals surface area contributed by atoms with Crippen molar-refractivity contribution >= 4 is 5.97 Å². The Hall–Kier alpha value is -1.50. The molecule has 0 aliphatic carbocycles. The van der Waals surface area contributed by atoms with Gasteiger partial charge in [0.2, 0.25) is 0 Å². The molecule has 0 aromatic carbocycles. The summed E-state index contributed by atoms with van der Waals surface area (Å²) in [6, 6.07) is 1.84. The number of nitrogens with zero attached hydrogens (tertiary/aromatic N) is 1. The number of rotatable bonds is 2. The Morgan fingerprint density at radius 2 is 2.43 bits per heavy atom. The summed E-state index contributed by atoms with van der Waals surface area (Å²) in [5, 5.41) is 8.79. The van der Waals surface area contributed by atoms with Gasteiger partial charge in [0.05, 0.1) is 13.2 Å². The number of hydrogen-bond donors (Lipinski definition) is 0. The molecule has 0 amide bonds. The molecule has 0 aromatic rings. The molecular formula is C10H13NO3. The highest BCUT2D eigenvalue weighted by Crippen LogP contribution is 2.20. The Bertz CT molecular complexity index is 280. The van der Waals surface area contributed by atoms with Crippen molar-refractivity contribution in [2.45, 2.75) is 26.2 Å². The summed E-state index contributed by atoms with van der Waals surface area (Å²) in [6.07, 6.45) is 2.59. The van der Waals surface area contributed by atoms with Crippen LogP contribution in [0.4, 0.5) is 0 Å². The van der Waals surface area contributed by atoms with Gasteiger partial charge in [0.1, 0.15) is 11.8 Å². The van der Waals surface area contributed by atoms with E-state index in [0.717, 1.165) is 12.8 Å². The summed E-state index contributed by atoms with van der Waals surface area (Å²) < 4.78 is 10.0. The maximum atomic E-state index is 11.3. The van der Waals surface area contributed by atoms with Gasteiger partial charge in [0.25, 0.3) is 0 Å². The normalized spacial score (nSPS) is 19.1. The van der Waals surface area contributed by atoms with Crippen molar-refractivity contribution in [3.8, 4) is 6.07 Å². The third-order valence-corrected chi connectivity index (χ3v) is 1.94. The van der Waals surface area contributed by atoms with Crippen molar-refractivity contribution in [2.75, 3.05) is 13.2 Å². The molecule has 0 unspecified atom stereocenters. The summed E-state index contributed by atoms with van der Waals surface area (Å²) in [7, 11) is 0. The van der Waals surface area contributed by atoms with Crippen LogP contribution in [0.1, 0.15) is 26.2 Å². The predicted octanol–water partition coefficient (Wildman–Crippen LogP) is 1.53. The Kier molecular flexibility index (Phi) is 3.99. The highest BCUT2D eigenvalue weighted by molar-refractivity contribution is 5.93. The molecule has 76 valence electrons. The lowest BCUT2D eigenvalue weighted by Gasteiger charge is -2.16. The fourth-order valence-electron chi connectivity index (χ4n) is 1.28. The molecule has 0 radical (unpaired) electrons. The van der Waals surface area contributed by atoms with E-state index < -0.39 is 5.97 Å². The molecule has 4 heteroatoms. The zero-order valence-electron chi connectivity index (χ0n) is 8.21. The standard InChI is InChI=1S/C10H13NO3/c1-2-13-10(12)8(7-11)9-5-3-4-6-14-9/h2-6H2,1H3. The minimum Gasteiger partial charge on any atom is -0.496 e. The van der Waals surface area contributed by atoms with Crippen molar-refractivity contribution in [3.05, 3.63) is 11.3 Å². The number of nitriles is 1. The van der Waals surface area contributed by atoms with E-state index in [1.807, 2.05) is 6.07 Å². The number of carbonyl (C=O) groups excluding carboxylic acids is 1. The zero-order chi connectivity index (χ0) is 10.4. The summed E-state index contributed by atoms with van der Waals surface area (Å²) in [5.41, 5.74) is 0.0200. The average molecular weight is 195 g/mol. The van der Waals surface area contributed by atoms with Crippen LogP contribution in [0.3, 0.4) is 0 Å². The fourth-order valence-corrected chi connectivity index (χ4v) is 1.28. The monoisotopic (exact) mass is 195 g/mol. The van der Waals surface area contributed by atoms with Crippen LogP contribution in [0.2, 0.25) is 0 Å². The lowest BCUT2D eigenvalue weighted by Crippen LogP contribution is -2.13. The Labute approximate surface area is 83.1 Å². The van der Waals surface area contributed by atoms with E-state index in [-0.39, 0.29) is 12.2 Å². The summed E-state index contributed by atoms with van der Waals surface area (Å²) in [4.78, 5) is 11.3. The van der Waals surface area contributed by atoms with Gasteiger partial charge in [0, 0.05) is 6.42 Å². The molecule has 14 heavy (non-hydrogen) atoms. The van der Waals surface area contributed by atoms with E-state index >= 15 is 0 Å². The van der Waals surface area contributed by atoms with Gasteiger partial charge in [-0.05, 0) is 19.8 Å². The van der Waals surface area contributed by atoms with E-state index in [9.17, 15) is 4.79 Å².